The summed E-state index contributed by atoms with van der Waals surface area (Å²) in [7, 11) is 0. The molecule has 6 nitrogen and oxygen atoms in total. The van der Waals surface area contributed by atoms with Gasteiger partial charge in [-0.15, -0.1) is 10.2 Å². The van der Waals surface area contributed by atoms with Gasteiger partial charge in [-0.1, -0.05) is 77.8 Å². The predicted molar refractivity (Wildman–Crippen MR) is 130 cm³/mol. The first-order valence-corrected chi connectivity index (χ1v) is 12.4. The van der Waals surface area contributed by atoms with Crippen molar-refractivity contribution in [3.05, 3.63) is 69.7 Å². The molecule has 1 aromatic heterocycles. The molecule has 0 aliphatic rings. The molecule has 0 fully saturated rings. The molecule has 0 aliphatic heterocycles. The van der Waals surface area contributed by atoms with Gasteiger partial charge in [0.25, 0.3) is 5.91 Å². The highest BCUT2D eigenvalue weighted by Crippen LogP contribution is 2.33. The topological polar surface area (TPSA) is 81.2 Å². The lowest BCUT2D eigenvalue weighted by atomic mass is 10.1. The molecule has 0 unspecified atom stereocenters. The van der Waals surface area contributed by atoms with Gasteiger partial charge in [0.15, 0.2) is 4.34 Å². The number of rotatable bonds is 10. The number of hydrogen-bond donors (Lipinski definition) is 1. The molecule has 0 spiro atoms. The lowest BCUT2D eigenvalue weighted by molar-refractivity contribution is -0.143. The van der Waals surface area contributed by atoms with Gasteiger partial charge in [0.2, 0.25) is 5.13 Å². The normalized spacial score (nSPS) is 11.7. The molecule has 1 amide bonds. The van der Waals surface area contributed by atoms with Gasteiger partial charge in [0, 0.05) is 15.6 Å². The van der Waals surface area contributed by atoms with Crippen molar-refractivity contribution in [1.29, 1.82) is 0 Å². The van der Waals surface area contributed by atoms with Gasteiger partial charge < -0.3 is 4.74 Å². The Hall–Kier alpha value is -2.13. The Balaban J connectivity index is 1.72. The minimum atomic E-state index is -0.589. The van der Waals surface area contributed by atoms with Crippen molar-refractivity contribution in [3.63, 3.8) is 0 Å². The van der Waals surface area contributed by atoms with Crippen LogP contribution in [0.25, 0.3) is 0 Å². The van der Waals surface area contributed by atoms with Crippen LogP contribution in [0.4, 0.5) is 5.13 Å². The maximum Gasteiger partial charge on any atom is 0.319 e. The third kappa shape index (κ3) is 7.20. The van der Waals surface area contributed by atoms with Crippen molar-refractivity contribution in [2.45, 2.75) is 35.8 Å². The van der Waals surface area contributed by atoms with E-state index in [2.05, 4.69) is 15.5 Å². The number of nitrogens with one attached hydrogen (secondary N) is 1. The second-order valence-electron chi connectivity index (χ2n) is 6.76. The standard InChI is InChI=1S/C22H21Cl2N3O3S2/c1-2-3-11-30-20(29)18(13-15-12-16(23)9-10-17(15)24)31-22-27-26-21(32-22)25-19(28)14-7-5-4-6-8-14/h4-10,12,18H,2-3,11,13H2,1H3,(H,25,26,28)/t18-/m1/s1. The van der Waals surface area contributed by atoms with Gasteiger partial charge in [-0.25, -0.2) is 0 Å². The second-order valence-corrected chi connectivity index (χ2v) is 10.0. The van der Waals surface area contributed by atoms with Crippen LogP contribution in [-0.2, 0) is 16.0 Å². The molecule has 1 atom stereocenters. The molecule has 2 aromatic carbocycles. The van der Waals surface area contributed by atoms with Gasteiger partial charge in [0.1, 0.15) is 5.25 Å². The summed E-state index contributed by atoms with van der Waals surface area (Å²) in [4.78, 5) is 25.1. The van der Waals surface area contributed by atoms with Crippen molar-refractivity contribution >= 4 is 63.3 Å². The highest BCUT2D eigenvalue weighted by Gasteiger charge is 2.25. The van der Waals surface area contributed by atoms with E-state index in [-0.39, 0.29) is 11.9 Å². The quantitative estimate of drug-likeness (QED) is 0.153. The molecule has 0 aliphatic carbocycles. The van der Waals surface area contributed by atoms with E-state index < -0.39 is 5.25 Å². The van der Waals surface area contributed by atoms with E-state index in [1.807, 2.05) is 13.0 Å². The molecule has 10 heteroatoms. The summed E-state index contributed by atoms with van der Waals surface area (Å²) in [6.45, 7) is 2.38. The molecule has 3 rings (SSSR count). The summed E-state index contributed by atoms with van der Waals surface area (Å²) in [6.07, 6.45) is 2.03. The summed E-state index contributed by atoms with van der Waals surface area (Å²) in [5.41, 5.74) is 1.26. The van der Waals surface area contributed by atoms with Crippen LogP contribution in [0.5, 0.6) is 0 Å². The van der Waals surface area contributed by atoms with E-state index in [0.29, 0.717) is 38.1 Å². The number of unbranched alkanes of at least 4 members (excludes halogenated alkanes) is 1. The minimum absolute atomic E-state index is 0.278. The van der Waals surface area contributed by atoms with Crippen molar-refractivity contribution in [2.75, 3.05) is 11.9 Å². The number of esters is 1. The Morgan fingerprint density at radius 1 is 1.16 bits per heavy atom. The van der Waals surface area contributed by atoms with Crippen LogP contribution in [0.1, 0.15) is 35.7 Å². The molecular formula is C22H21Cl2N3O3S2. The van der Waals surface area contributed by atoms with Gasteiger partial charge in [0.05, 0.1) is 6.61 Å². The van der Waals surface area contributed by atoms with Crippen LogP contribution < -0.4 is 5.32 Å². The van der Waals surface area contributed by atoms with E-state index in [9.17, 15) is 9.59 Å². The highest BCUT2D eigenvalue weighted by atomic mass is 35.5. The van der Waals surface area contributed by atoms with Crippen LogP contribution >= 0.6 is 46.3 Å². The molecule has 0 saturated heterocycles. The van der Waals surface area contributed by atoms with Crippen molar-refractivity contribution in [2.24, 2.45) is 0 Å². The van der Waals surface area contributed by atoms with E-state index in [0.717, 1.165) is 18.4 Å². The van der Waals surface area contributed by atoms with Gasteiger partial charge >= 0.3 is 5.97 Å². The Morgan fingerprint density at radius 2 is 1.94 bits per heavy atom. The van der Waals surface area contributed by atoms with Crippen LogP contribution in [0.15, 0.2) is 52.9 Å². The number of nitrogens with zero attached hydrogens (tertiary/aromatic N) is 2. The molecule has 32 heavy (non-hydrogen) atoms. The number of carbonyl (C=O) groups is 2. The number of amides is 1. The van der Waals surface area contributed by atoms with Gasteiger partial charge in [-0.3, -0.25) is 14.9 Å². The molecule has 0 bridgehead atoms. The number of ether oxygens (including phenoxy) is 1. The summed E-state index contributed by atoms with van der Waals surface area (Å²) >= 11 is 14.8. The summed E-state index contributed by atoms with van der Waals surface area (Å²) < 4.78 is 5.97. The third-order valence-corrected chi connectivity index (χ3v) is 7.03. The maximum absolute atomic E-state index is 12.8. The lowest BCUT2D eigenvalue weighted by Crippen LogP contribution is -2.23. The average Bonchev–Trinajstić information content (AvgIpc) is 3.23. The SMILES string of the molecule is CCCCOC(=O)[C@@H](Cc1cc(Cl)ccc1Cl)Sc1nnc(NC(=O)c2ccccc2)s1. The van der Waals surface area contributed by atoms with Crippen molar-refractivity contribution in [3.8, 4) is 0 Å². The number of thioether (sulfide) groups is 1. The van der Waals surface area contributed by atoms with Crippen LogP contribution in [0.2, 0.25) is 10.0 Å². The van der Waals surface area contributed by atoms with Crippen LogP contribution in [0.3, 0.4) is 0 Å². The third-order valence-electron chi connectivity index (χ3n) is 4.32. The van der Waals surface area contributed by atoms with E-state index in [1.54, 1.807) is 42.5 Å². The Kier molecular flexibility index (Phi) is 9.35. The second kappa shape index (κ2) is 12.2. The van der Waals surface area contributed by atoms with E-state index >= 15 is 0 Å². The van der Waals surface area contributed by atoms with E-state index in [1.165, 1.54) is 23.1 Å². The van der Waals surface area contributed by atoms with Gasteiger partial charge in [-0.05, 0) is 48.7 Å². The molecule has 1 heterocycles. The first-order chi connectivity index (χ1) is 15.5. The van der Waals surface area contributed by atoms with Crippen molar-refractivity contribution < 1.29 is 14.3 Å². The van der Waals surface area contributed by atoms with Crippen LogP contribution in [-0.4, -0.2) is 33.9 Å². The molecule has 0 saturated carbocycles. The number of halogens is 2. The number of aromatic nitrogens is 2. The summed E-state index contributed by atoms with van der Waals surface area (Å²) in [5.74, 6) is -0.635. The monoisotopic (exact) mass is 509 g/mol. The number of benzene rings is 2. The molecule has 0 radical (unpaired) electrons. The Morgan fingerprint density at radius 3 is 2.69 bits per heavy atom. The maximum atomic E-state index is 12.8. The zero-order valence-electron chi connectivity index (χ0n) is 17.2. The number of carbonyl (C=O) groups excluding carboxylic acids is 2. The largest absolute Gasteiger partial charge is 0.465 e. The molecular weight excluding hydrogens is 489 g/mol. The fourth-order valence-electron chi connectivity index (χ4n) is 2.67. The highest BCUT2D eigenvalue weighted by molar-refractivity contribution is 8.02. The van der Waals surface area contributed by atoms with E-state index in [4.69, 9.17) is 27.9 Å². The smallest absolute Gasteiger partial charge is 0.319 e. The minimum Gasteiger partial charge on any atom is -0.465 e. The summed E-state index contributed by atoms with van der Waals surface area (Å²) in [6, 6.07) is 14.0. The zero-order valence-corrected chi connectivity index (χ0v) is 20.4. The number of hydrogen-bond acceptors (Lipinski definition) is 7. The van der Waals surface area contributed by atoms with Crippen molar-refractivity contribution in [1.82, 2.24) is 10.2 Å². The lowest BCUT2D eigenvalue weighted by Gasteiger charge is -2.15. The molecule has 3 aromatic rings. The first-order valence-electron chi connectivity index (χ1n) is 9.93. The number of anilines is 1. The van der Waals surface area contributed by atoms with Crippen LogP contribution in [0, 0.1) is 0 Å². The Labute approximate surface area is 204 Å². The zero-order chi connectivity index (χ0) is 22.9. The molecule has 1 N–H and O–H groups in total. The average molecular weight is 510 g/mol. The predicted octanol–water partition coefficient (Wildman–Crippen LogP) is 6.14. The molecule has 168 valence electrons. The summed E-state index contributed by atoms with van der Waals surface area (Å²) in [5, 5.41) is 11.7. The van der Waals surface area contributed by atoms with Gasteiger partial charge in [-0.2, -0.15) is 0 Å². The fraction of sp³-hybridized carbons (Fsp3) is 0.273. The fourth-order valence-corrected chi connectivity index (χ4v) is 5.07. The first kappa shape index (κ1) is 24.5. The Bertz CT molecular complexity index is 1060.